The first-order valence-corrected chi connectivity index (χ1v) is 7.51. The lowest BCUT2D eigenvalue weighted by Gasteiger charge is -2.44. The number of aliphatic hydroxyl groups is 1. The van der Waals surface area contributed by atoms with Gasteiger partial charge < -0.3 is 10.0 Å². The van der Waals surface area contributed by atoms with Gasteiger partial charge in [-0.3, -0.25) is 4.40 Å². The van der Waals surface area contributed by atoms with Crippen molar-refractivity contribution in [1.82, 2.24) is 14.4 Å². The Morgan fingerprint density at radius 3 is 2.89 bits per heavy atom. The maximum absolute atomic E-state index is 9.64. The third-order valence-corrected chi connectivity index (χ3v) is 4.97. The van der Waals surface area contributed by atoms with Crippen molar-refractivity contribution in [3.63, 3.8) is 0 Å². The Kier molecular flexibility index (Phi) is 3.02. The van der Waals surface area contributed by atoms with Crippen LogP contribution >= 0.6 is 38.5 Å². The molecule has 1 N–H and O–H groups in total. The molecule has 3 rings (SSSR count). The minimum Gasteiger partial charge on any atom is -0.389 e. The van der Waals surface area contributed by atoms with Gasteiger partial charge in [0.1, 0.15) is 8.30 Å². The van der Waals surface area contributed by atoms with Crippen molar-refractivity contribution >= 4 is 50.0 Å². The Morgan fingerprint density at radius 2 is 2.28 bits per heavy atom. The summed E-state index contributed by atoms with van der Waals surface area (Å²) in [6, 6.07) is 0.0882. The van der Waals surface area contributed by atoms with E-state index in [-0.39, 0.29) is 12.1 Å². The zero-order chi connectivity index (χ0) is 13.0. The zero-order valence-electron chi connectivity index (χ0n) is 9.93. The molecule has 96 valence electrons. The number of hydrogen-bond acceptors (Lipinski definition) is 4. The normalized spacial score (nSPS) is 23.5. The summed E-state index contributed by atoms with van der Waals surface area (Å²) in [7, 11) is 0. The van der Waals surface area contributed by atoms with E-state index in [1.54, 1.807) is 0 Å². The van der Waals surface area contributed by atoms with Crippen LogP contribution in [0.15, 0.2) is 10.8 Å². The molecule has 0 amide bonds. The number of anilines is 1. The van der Waals surface area contributed by atoms with E-state index in [9.17, 15) is 5.11 Å². The second-order valence-corrected chi connectivity index (χ2v) is 6.37. The van der Waals surface area contributed by atoms with Crippen molar-refractivity contribution in [2.75, 3.05) is 11.4 Å². The summed E-state index contributed by atoms with van der Waals surface area (Å²) in [6.45, 7) is 4.61. The first-order valence-electron chi connectivity index (χ1n) is 5.64. The molecule has 5 nitrogen and oxygen atoms in total. The zero-order valence-corrected chi connectivity index (χ0v) is 13.7. The van der Waals surface area contributed by atoms with Crippen LogP contribution in [0.3, 0.4) is 0 Å². The number of nitrogens with zero attached hydrogens (tertiary/aromatic N) is 4. The van der Waals surface area contributed by atoms with Crippen molar-refractivity contribution in [3.8, 4) is 0 Å². The molecule has 1 fully saturated rings. The molecule has 3 heterocycles. The second-order valence-electron chi connectivity index (χ2n) is 4.51. The molecule has 0 radical (unpaired) electrons. The fourth-order valence-corrected chi connectivity index (χ4v) is 3.26. The van der Waals surface area contributed by atoms with Crippen LogP contribution in [0.1, 0.15) is 12.6 Å². The van der Waals surface area contributed by atoms with Crippen molar-refractivity contribution in [3.05, 3.63) is 20.2 Å². The SMILES string of the molecule is Cc1c(Br)nc(N2C[C@@H](O)[C@@H]2C)c2ncc(I)n12. The lowest BCUT2D eigenvalue weighted by Crippen LogP contribution is -2.59. The lowest BCUT2D eigenvalue weighted by molar-refractivity contribution is 0.0988. The molecule has 0 saturated carbocycles. The van der Waals surface area contributed by atoms with E-state index < -0.39 is 0 Å². The number of imidazole rings is 1. The van der Waals surface area contributed by atoms with Crippen molar-refractivity contribution < 1.29 is 5.11 Å². The smallest absolute Gasteiger partial charge is 0.181 e. The average molecular weight is 423 g/mol. The highest BCUT2D eigenvalue weighted by Crippen LogP contribution is 2.31. The van der Waals surface area contributed by atoms with Crippen LogP contribution in [-0.4, -0.2) is 38.2 Å². The van der Waals surface area contributed by atoms with Gasteiger partial charge in [0.2, 0.25) is 0 Å². The largest absolute Gasteiger partial charge is 0.389 e. The highest BCUT2D eigenvalue weighted by Gasteiger charge is 2.36. The van der Waals surface area contributed by atoms with Crippen molar-refractivity contribution in [1.29, 1.82) is 0 Å². The number of fused-ring (bicyclic) bond motifs is 1. The van der Waals surface area contributed by atoms with Crippen LogP contribution in [-0.2, 0) is 0 Å². The van der Waals surface area contributed by atoms with Gasteiger partial charge in [0, 0.05) is 6.54 Å². The molecule has 7 heteroatoms. The molecule has 0 unspecified atom stereocenters. The summed E-state index contributed by atoms with van der Waals surface area (Å²) < 4.78 is 3.94. The van der Waals surface area contributed by atoms with Crippen LogP contribution in [0.25, 0.3) is 5.65 Å². The predicted molar refractivity (Wildman–Crippen MR) is 81.0 cm³/mol. The maximum Gasteiger partial charge on any atom is 0.181 e. The van der Waals surface area contributed by atoms with E-state index in [4.69, 9.17) is 0 Å². The molecular formula is C11H12BrIN4O. The fraction of sp³-hybridized carbons (Fsp3) is 0.455. The van der Waals surface area contributed by atoms with Gasteiger partial charge >= 0.3 is 0 Å². The highest BCUT2D eigenvalue weighted by molar-refractivity contribution is 14.1. The quantitative estimate of drug-likeness (QED) is 0.714. The number of halogens is 2. The molecule has 0 bridgehead atoms. The number of hydrogen-bond donors (Lipinski definition) is 1. The summed E-state index contributed by atoms with van der Waals surface area (Å²) in [5, 5.41) is 9.64. The molecule has 0 spiro atoms. The Hall–Kier alpha value is -0.410. The molecule has 0 aromatic carbocycles. The molecule has 1 aliphatic rings. The molecule has 18 heavy (non-hydrogen) atoms. The van der Waals surface area contributed by atoms with E-state index in [2.05, 4.69) is 57.8 Å². The number of β-amino-alcohol motifs (C(OH)–C–C–N with tert-alkyl or cyclic N) is 1. The van der Waals surface area contributed by atoms with Gasteiger partial charge in [-0.15, -0.1) is 0 Å². The molecule has 2 atom stereocenters. The van der Waals surface area contributed by atoms with E-state index >= 15 is 0 Å². The Morgan fingerprint density at radius 1 is 1.56 bits per heavy atom. The number of aryl methyl sites for hydroxylation is 1. The van der Waals surface area contributed by atoms with Crippen LogP contribution in [0.4, 0.5) is 5.82 Å². The van der Waals surface area contributed by atoms with E-state index in [0.29, 0.717) is 6.54 Å². The minimum absolute atomic E-state index is 0.0882. The number of rotatable bonds is 1. The summed E-state index contributed by atoms with van der Waals surface area (Å²) >= 11 is 5.75. The first-order chi connectivity index (χ1) is 8.50. The number of aliphatic hydroxyl groups excluding tert-OH is 1. The Bertz CT molecular complexity index is 629. The summed E-state index contributed by atoms with van der Waals surface area (Å²) in [5.41, 5.74) is 1.88. The van der Waals surface area contributed by atoms with Gasteiger partial charge in [0.05, 0.1) is 24.0 Å². The van der Waals surface area contributed by atoms with Gasteiger partial charge in [0.15, 0.2) is 11.5 Å². The Labute approximate surface area is 126 Å². The van der Waals surface area contributed by atoms with Gasteiger partial charge in [-0.25, -0.2) is 9.97 Å². The first kappa shape index (κ1) is 12.6. The topological polar surface area (TPSA) is 53.7 Å². The van der Waals surface area contributed by atoms with Gasteiger partial charge in [-0.2, -0.15) is 0 Å². The minimum atomic E-state index is -0.277. The van der Waals surface area contributed by atoms with Crippen LogP contribution < -0.4 is 4.90 Å². The second kappa shape index (κ2) is 4.31. The van der Waals surface area contributed by atoms with Crippen LogP contribution in [0.2, 0.25) is 0 Å². The standard InChI is InChI=1S/C11H12BrIN4O/c1-5-7(18)4-16(5)11-10-14-3-8(13)17(10)6(2)9(12)15-11/h3,5,7,18H,4H2,1-2H3/t5-,7+/m0/s1. The third-order valence-electron chi connectivity index (χ3n) is 3.46. The monoisotopic (exact) mass is 422 g/mol. The molecule has 0 aliphatic carbocycles. The summed E-state index contributed by atoms with van der Waals surface area (Å²) in [5.74, 6) is 0.827. The van der Waals surface area contributed by atoms with Crippen molar-refractivity contribution in [2.45, 2.75) is 26.0 Å². The van der Waals surface area contributed by atoms with Gasteiger partial charge in [-0.1, -0.05) is 0 Å². The molecular weight excluding hydrogens is 411 g/mol. The van der Waals surface area contributed by atoms with Crippen molar-refractivity contribution in [2.24, 2.45) is 0 Å². The molecule has 2 aromatic heterocycles. The lowest BCUT2D eigenvalue weighted by atomic mass is 10.0. The van der Waals surface area contributed by atoms with Gasteiger partial charge in [0.25, 0.3) is 0 Å². The molecule has 1 saturated heterocycles. The number of aromatic nitrogens is 3. The summed E-state index contributed by atoms with van der Waals surface area (Å²) in [6.07, 6.45) is 1.56. The van der Waals surface area contributed by atoms with E-state index in [1.165, 1.54) is 0 Å². The predicted octanol–water partition coefficient (Wildman–Crippen LogP) is 1.97. The molecule has 1 aliphatic heterocycles. The summed E-state index contributed by atoms with van der Waals surface area (Å²) in [4.78, 5) is 11.1. The van der Waals surface area contributed by atoms with E-state index in [0.717, 1.165) is 25.5 Å². The maximum atomic E-state index is 9.64. The highest BCUT2D eigenvalue weighted by atomic mass is 127. The van der Waals surface area contributed by atoms with Crippen LogP contribution in [0.5, 0.6) is 0 Å². The van der Waals surface area contributed by atoms with E-state index in [1.807, 2.05) is 20.0 Å². The Balaban J connectivity index is 2.21. The fourth-order valence-electron chi connectivity index (χ4n) is 2.19. The van der Waals surface area contributed by atoms with Gasteiger partial charge in [-0.05, 0) is 52.4 Å². The van der Waals surface area contributed by atoms with Crippen LogP contribution in [0, 0.1) is 10.6 Å². The average Bonchev–Trinajstić information content (AvgIpc) is 2.73. The molecule has 2 aromatic rings. The third kappa shape index (κ3) is 1.67.